The Kier molecular flexibility index (Phi) is 6.85. The number of non-ortho nitro benzene ring substituents is 1. The zero-order chi connectivity index (χ0) is 22.4. The molecule has 0 aromatic heterocycles. The Labute approximate surface area is 186 Å². The zero-order valence-corrected chi connectivity index (χ0v) is 18.2. The highest BCUT2D eigenvalue weighted by Gasteiger charge is 2.29. The van der Waals surface area contributed by atoms with E-state index in [0.717, 1.165) is 5.56 Å². The van der Waals surface area contributed by atoms with Crippen LogP contribution in [0.1, 0.15) is 12.0 Å². The molecule has 0 fully saturated rings. The minimum absolute atomic E-state index is 0.0739. The molecule has 3 atom stereocenters. The summed E-state index contributed by atoms with van der Waals surface area (Å²) in [7, 11) is -3.74. The van der Waals surface area contributed by atoms with Gasteiger partial charge < -0.3 is 9.84 Å². The van der Waals surface area contributed by atoms with E-state index in [4.69, 9.17) is 9.05 Å². The van der Waals surface area contributed by atoms with Crippen molar-refractivity contribution in [1.82, 2.24) is 10.4 Å². The third kappa shape index (κ3) is 5.53. The molecule has 1 aliphatic carbocycles. The Morgan fingerprint density at radius 1 is 1.06 bits per heavy atom. The van der Waals surface area contributed by atoms with Crippen LogP contribution in [0.5, 0.6) is 5.75 Å². The Morgan fingerprint density at radius 2 is 1.81 bits per heavy atom. The van der Waals surface area contributed by atoms with Crippen LogP contribution in [0.25, 0.3) is 0 Å². The molecule has 166 valence electrons. The van der Waals surface area contributed by atoms with Crippen molar-refractivity contribution in [2.45, 2.75) is 19.1 Å². The second kappa shape index (κ2) is 9.96. The fourth-order valence-electron chi connectivity index (χ4n) is 3.60. The second-order valence-corrected chi connectivity index (χ2v) is 9.22. The van der Waals surface area contributed by atoms with Crippen LogP contribution in [-0.4, -0.2) is 17.5 Å². The average molecular weight is 453 g/mol. The first kappa shape index (κ1) is 22.0. The lowest BCUT2D eigenvalue weighted by Crippen LogP contribution is -2.25. The lowest BCUT2D eigenvalue weighted by atomic mass is 9.90. The summed E-state index contributed by atoms with van der Waals surface area (Å²) in [6.07, 6.45) is 11.0. The molecule has 0 saturated carbocycles. The molecule has 1 heterocycles. The van der Waals surface area contributed by atoms with E-state index < -0.39 is 12.7 Å². The summed E-state index contributed by atoms with van der Waals surface area (Å²) in [5, 5.41) is 17.2. The molecule has 0 bridgehead atoms. The molecule has 0 amide bonds. The van der Waals surface area contributed by atoms with Crippen molar-refractivity contribution in [1.29, 1.82) is 0 Å². The molecule has 2 aromatic rings. The highest BCUT2D eigenvalue weighted by molar-refractivity contribution is 7.52. The standard InChI is InChI=1S/C23H24N3O5P/c27-26(28)20-10-12-21(13-11-20)31-32(29,30-17-18-6-2-1-3-7-18)25-15-14-19-16-24-23-9-5-4-8-22(19)23/h1-13,16,22-24H,14-15,17H2,(H,25,29). The predicted molar refractivity (Wildman–Crippen MR) is 122 cm³/mol. The van der Waals surface area contributed by atoms with E-state index >= 15 is 0 Å². The number of fused-ring (bicyclic) bond motifs is 1. The van der Waals surface area contributed by atoms with E-state index in [9.17, 15) is 14.7 Å². The summed E-state index contributed by atoms with van der Waals surface area (Å²) >= 11 is 0. The first-order valence-electron chi connectivity index (χ1n) is 10.3. The molecule has 0 radical (unpaired) electrons. The van der Waals surface area contributed by atoms with Gasteiger partial charge in [0.25, 0.3) is 5.69 Å². The maximum absolute atomic E-state index is 13.5. The SMILES string of the molecule is O=[N+]([O-])c1ccc(OP(=O)(NCCC2=CNC3C=CC=CC23)OCc2ccccc2)cc1. The van der Waals surface area contributed by atoms with E-state index in [1.54, 1.807) is 0 Å². The van der Waals surface area contributed by atoms with Gasteiger partial charge in [-0.1, -0.05) is 54.6 Å². The lowest BCUT2D eigenvalue weighted by Gasteiger charge is -2.22. The summed E-state index contributed by atoms with van der Waals surface area (Å²) in [5.74, 6) is 0.503. The topological polar surface area (TPSA) is 103 Å². The van der Waals surface area contributed by atoms with Gasteiger partial charge >= 0.3 is 7.75 Å². The van der Waals surface area contributed by atoms with Crippen molar-refractivity contribution in [3.8, 4) is 5.75 Å². The van der Waals surface area contributed by atoms with Crippen molar-refractivity contribution in [2.24, 2.45) is 5.92 Å². The molecular weight excluding hydrogens is 429 g/mol. The molecule has 1 aliphatic heterocycles. The second-order valence-electron chi connectivity index (χ2n) is 7.46. The van der Waals surface area contributed by atoms with Gasteiger partial charge in [0, 0.05) is 24.6 Å². The highest BCUT2D eigenvalue weighted by Crippen LogP contribution is 2.45. The Morgan fingerprint density at radius 3 is 2.56 bits per heavy atom. The molecule has 0 spiro atoms. The summed E-state index contributed by atoms with van der Waals surface area (Å²) in [4.78, 5) is 10.4. The minimum atomic E-state index is -3.74. The molecule has 32 heavy (non-hydrogen) atoms. The highest BCUT2D eigenvalue weighted by atomic mass is 31.2. The van der Waals surface area contributed by atoms with E-state index in [1.807, 2.05) is 48.7 Å². The van der Waals surface area contributed by atoms with Gasteiger partial charge in [0.05, 0.1) is 17.6 Å². The van der Waals surface area contributed by atoms with Gasteiger partial charge in [0.15, 0.2) is 0 Å². The largest absolute Gasteiger partial charge is 0.459 e. The molecule has 2 N–H and O–H groups in total. The fraction of sp³-hybridized carbons (Fsp3) is 0.217. The predicted octanol–water partition coefficient (Wildman–Crippen LogP) is 4.88. The molecule has 4 rings (SSSR count). The van der Waals surface area contributed by atoms with Crippen molar-refractivity contribution in [3.63, 3.8) is 0 Å². The van der Waals surface area contributed by atoms with Gasteiger partial charge in [-0.2, -0.15) is 0 Å². The van der Waals surface area contributed by atoms with E-state index in [-0.39, 0.29) is 30.0 Å². The summed E-state index contributed by atoms with van der Waals surface area (Å²) in [6.45, 7) is 0.480. The van der Waals surface area contributed by atoms with Crippen LogP contribution in [0.4, 0.5) is 5.69 Å². The Bertz CT molecular complexity index is 1080. The van der Waals surface area contributed by atoms with Crippen LogP contribution in [-0.2, 0) is 15.7 Å². The van der Waals surface area contributed by atoms with E-state index in [0.29, 0.717) is 13.0 Å². The molecular formula is C23H24N3O5P. The summed E-state index contributed by atoms with van der Waals surface area (Å²) in [5.41, 5.74) is 1.98. The summed E-state index contributed by atoms with van der Waals surface area (Å²) < 4.78 is 24.8. The smallest absolute Gasteiger partial charge is 0.413 e. The van der Waals surface area contributed by atoms with E-state index in [1.165, 1.54) is 29.8 Å². The summed E-state index contributed by atoms with van der Waals surface area (Å²) in [6, 6.07) is 15.0. The molecule has 9 heteroatoms. The third-order valence-corrected chi connectivity index (χ3v) is 6.79. The quantitative estimate of drug-likeness (QED) is 0.300. The van der Waals surface area contributed by atoms with Crippen LogP contribution < -0.4 is 14.9 Å². The van der Waals surface area contributed by atoms with Crippen LogP contribution in [0.15, 0.2) is 90.7 Å². The Balaban J connectivity index is 1.41. The molecule has 0 saturated heterocycles. The number of benzene rings is 2. The lowest BCUT2D eigenvalue weighted by molar-refractivity contribution is -0.384. The maximum atomic E-state index is 13.5. The van der Waals surface area contributed by atoms with Crippen LogP contribution in [0.3, 0.4) is 0 Å². The Hall–Kier alpha value is -3.19. The molecule has 3 unspecified atom stereocenters. The van der Waals surface area contributed by atoms with Crippen molar-refractivity contribution >= 4 is 13.4 Å². The molecule has 8 nitrogen and oxygen atoms in total. The van der Waals surface area contributed by atoms with Crippen LogP contribution >= 0.6 is 7.75 Å². The third-order valence-electron chi connectivity index (χ3n) is 5.26. The number of rotatable bonds is 10. The van der Waals surface area contributed by atoms with Gasteiger partial charge in [-0.05, 0) is 35.9 Å². The fourth-order valence-corrected chi connectivity index (χ4v) is 4.91. The zero-order valence-electron chi connectivity index (χ0n) is 17.3. The average Bonchev–Trinajstić information content (AvgIpc) is 3.22. The molecule has 2 aromatic carbocycles. The van der Waals surface area contributed by atoms with Crippen molar-refractivity contribution in [3.05, 3.63) is 106 Å². The number of allylic oxidation sites excluding steroid dienone is 2. The van der Waals surface area contributed by atoms with Crippen LogP contribution in [0.2, 0.25) is 0 Å². The number of hydrogen-bond donors (Lipinski definition) is 2. The van der Waals surface area contributed by atoms with Gasteiger partial charge in [0.2, 0.25) is 0 Å². The number of nitrogens with zero attached hydrogens (tertiary/aromatic N) is 1. The van der Waals surface area contributed by atoms with Crippen molar-refractivity contribution in [2.75, 3.05) is 6.54 Å². The van der Waals surface area contributed by atoms with Crippen LogP contribution in [0, 0.1) is 16.0 Å². The first-order valence-corrected chi connectivity index (χ1v) is 11.8. The number of nitrogens with one attached hydrogen (secondary N) is 2. The monoisotopic (exact) mass is 453 g/mol. The van der Waals surface area contributed by atoms with Gasteiger partial charge in [-0.25, -0.2) is 9.65 Å². The van der Waals surface area contributed by atoms with Gasteiger partial charge in [0.1, 0.15) is 5.75 Å². The van der Waals surface area contributed by atoms with Gasteiger partial charge in [-0.15, -0.1) is 0 Å². The maximum Gasteiger partial charge on any atom is 0.459 e. The molecule has 2 aliphatic rings. The van der Waals surface area contributed by atoms with E-state index in [2.05, 4.69) is 22.6 Å². The van der Waals surface area contributed by atoms with Gasteiger partial charge in [-0.3, -0.25) is 14.6 Å². The first-order chi connectivity index (χ1) is 15.5. The van der Waals surface area contributed by atoms with Crippen molar-refractivity contribution < 1.29 is 18.5 Å². The number of nitro benzene ring substituents is 1. The normalized spacial score (nSPS) is 20.7. The number of hydrogen-bond acceptors (Lipinski definition) is 6. The number of nitro groups is 1. The minimum Gasteiger partial charge on any atom is -0.413 e.